The highest BCUT2D eigenvalue weighted by atomic mass is 16.2. The first-order valence-electron chi connectivity index (χ1n) is 9.81. The zero-order valence-electron chi connectivity index (χ0n) is 14.8. The Balaban J connectivity index is 1.44. The van der Waals surface area contributed by atoms with Crippen LogP contribution < -0.4 is 5.32 Å². The summed E-state index contributed by atoms with van der Waals surface area (Å²) >= 11 is 0. The SMILES string of the molecule is Cc1ccc(C2CCCCN2C(=O)CC2CC3CCC(C2)N3)cc1. The van der Waals surface area contributed by atoms with Gasteiger partial charge >= 0.3 is 0 Å². The molecule has 0 radical (unpaired) electrons. The minimum absolute atomic E-state index is 0.297. The van der Waals surface area contributed by atoms with Gasteiger partial charge in [0.1, 0.15) is 0 Å². The van der Waals surface area contributed by atoms with Gasteiger partial charge in [-0.05, 0) is 63.4 Å². The summed E-state index contributed by atoms with van der Waals surface area (Å²) in [4.78, 5) is 15.2. The second-order valence-corrected chi connectivity index (χ2v) is 8.19. The molecule has 3 heterocycles. The standard InChI is InChI=1S/C21H30N2O/c1-15-5-7-17(8-6-15)20-4-2-3-11-23(20)21(24)14-16-12-18-9-10-19(13-16)22-18/h5-8,16,18-20,22H,2-4,9-14H2,1H3. The molecule has 3 fully saturated rings. The number of benzene rings is 1. The first-order chi connectivity index (χ1) is 11.7. The van der Waals surface area contributed by atoms with E-state index in [2.05, 4.69) is 41.4 Å². The lowest BCUT2D eigenvalue weighted by Crippen LogP contribution is -2.42. The van der Waals surface area contributed by atoms with Gasteiger partial charge in [0.15, 0.2) is 0 Å². The third-order valence-electron chi connectivity index (χ3n) is 6.32. The molecule has 3 atom stereocenters. The summed E-state index contributed by atoms with van der Waals surface area (Å²) in [6, 6.07) is 10.4. The van der Waals surface area contributed by atoms with E-state index in [0.29, 0.717) is 30.0 Å². The molecule has 3 unspecified atom stereocenters. The fourth-order valence-corrected chi connectivity index (χ4v) is 5.07. The molecule has 0 saturated carbocycles. The number of hydrogen-bond donors (Lipinski definition) is 1. The van der Waals surface area contributed by atoms with Crippen molar-refractivity contribution in [1.82, 2.24) is 10.2 Å². The number of nitrogens with one attached hydrogen (secondary N) is 1. The van der Waals surface area contributed by atoms with Gasteiger partial charge in [-0.25, -0.2) is 0 Å². The first kappa shape index (κ1) is 16.1. The molecule has 3 heteroatoms. The highest BCUT2D eigenvalue weighted by molar-refractivity contribution is 5.77. The predicted molar refractivity (Wildman–Crippen MR) is 96.8 cm³/mol. The van der Waals surface area contributed by atoms with Gasteiger partial charge in [-0.1, -0.05) is 29.8 Å². The predicted octanol–water partition coefficient (Wildman–Crippen LogP) is 3.97. The summed E-state index contributed by atoms with van der Waals surface area (Å²) in [5.74, 6) is 0.989. The minimum atomic E-state index is 0.297. The lowest BCUT2D eigenvalue weighted by Gasteiger charge is -2.38. The molecule has 1 aromatic carbocycles. The van der Waals surface area contributed by atoms with Crippen LogP contribution in [0.5, 0.6) is 0 Å². The number of carbonyl (C=O) groups excluding carboxylic acids is 1. The number of aryl methyl sites for hydroxylation is 1. The molecule has 1 N–H and O–H groups in total. The van der Waals surface area contributed by atoms with Crippen molar-refractivity contribution in [1.29, 1.82) is 0 Å². The van der Waals surface area contributed by atoms with Gasteiger partial charge in [0.05, 0.1) is 6.04 Å². The molecule has 0 spiro atoms. The Bertz CT molecular complexity index is 570. The van der Waals surface area contributed by atoms with Crippen LogP contribution in [0.2, 0.25) is 0 Å². The molecule has 130 valence electrons. The normalized spacial score (nSPS) is 32.8. The molecule has 0 aromatic heterocycles. The van der Waals surface area contributed by atoms with Gasteiger partial charge in [0.2, 0.25) is 5.91 Å². The average molecular weight is 326 g/mol. The van der Waals surface area contributed by atoms with Crippen molar-refractivity contribution in [2.24, 2.45) is 5.92 Å². The molecule has 0 aliphatic carbocycles. The van der Waals surface area contributed by atoms with Crippen molar-refractivity contribution in [2.45, 2.75) is 76.4 Å². The van der Waals surface area contributed by atoms with E-state index in [9.17, 15) is 4.79 Å². The smallest absolute Gasteiger partial charge is 0.223 e. The van der Waals surface area contributed by atoms with E-state index in [-0.39, 0.29) is 0 Å². The molecule has 1 amide bonds. The Labute approximate surface area is 145 Å². The number of amides is 1. The maximum atomic E-state index is 13.1. The molecule has 24 heavy (non-hydrogen) atoms. The molecular weight excluding hydrogens is 296 g/mol. The third-order valence-corrected chi connectivity index (χ3v) is 6.32. The van der Waals surface area contributed by atoms with Gasteiger partial charge in [-0.2, -0.15) is 0 Å². The summed E-state index contributed by atoms with van der Waals surface area (Å²) in [6.45, 7) is 3.06. The average Bonchev–Trinajstić information content (AvgIpc) is 2.94. The number of likely N-dealkylation sites (tertiary alicyclic amines) is 1. The maximum Gasteiger partial charge on any atom is 0.223 e. The monoisotopic (exact) mass is 326 g/mol. The molecular formula is C21H30N2O. The third kappa shape index (κ3) is 3.37. The quantitative estimate of drug-likeness (QED) is 0.911. The van der Waals surface area contributed by atoms with Crippen molar-refractivity contribution < 1.29 is 4.79 Å². The Morgan fingerprint density at radius 1 is 1.08 bits per heavy atom. The van der Waals surface area contributed by atoms with Crippen LogP contribution in [-0.2, 0) is 4.79 Å². The van der Waals surface area contributed by atoms with Crippen molar-refractivity contribution in [2.75, 3.05) is 6.54 Å². The Kier molecular flexibility index (Phi) is 4.62. The van der Waals surface area contributed by atoms with E-state index < -0.39 is 0 Å². The van der Waals surface area contributed by atoms with E-state index in [0.717, 1.165) is 25.8 Å². The molecule has 2 bridgehead atoms. The van der Waals surface area contributed by atoms with Gasteiger partial charge in [-0.3, -0.25) is 4.79 Å². The van der Waals surface area contributed by atoms with Crippen LogP contribution >= 0.6 is 0 Å². The summed E-state index contributed by atoms with van der Waals surface area (Å²) in [6.07, 6.45) is 9.29. The van der Waals surface area contributed by atoms with E-state index in [4.69, 9.17) is 0 Å². The van der Waals surface area contributed by atoms with E-state index in [1.807, 2.05) is 0 Å². The highest BCUT2D eigenvalue weighted by Gasteiger charge is 2.36. The largest absolute Gasteiger partial charge is 0.336 e. The lowest BCUT2D eigenvalue weighted by molar-refractivity contribution is -0.136. The minimum Gasteiger partial charge on any atom is -0.336 e. The Hall–Kier alpha value is -1.35. The van der Waals surface area contributed by atoms with Crippen molar-refractivity contribution in [3.63, 3.8) is 0 Å². The van der Waals surface area contributed by atoms with Crippen molar-refractivity contribution in [3.8, 4) is 0 Å². The summed E-state index contributed by atoms with van der Waals surface area (Å²) in [5, 5.41) is 3.69. The number of piperidine rings is 2. The summed E-state index contributed by atoms with van der Waals surface area (Å²) in [5.41, 5.74) is 2.61. The van der Waals surface area contributed by atoms with Crippen LogP contribution in [0, 0.1) is 12.8 Å². The Morgan fingerprint density at radius 2 is 1.79 bits per heavy atom. The van der Waals surface area contributed by atoms with Crippen molar-refractivity contribution in [3.05, 3.63) is 35.4 Å². The van der Waals surface area contributed by atoms with Crippen LogP contribution in [0.15, 0.2) is 24.3 Å². The van der Waals surface area contributed by atoms with E-state index >= 15 is 0 Å². The number of fused-ring (bicyclic) bond motifs is 2. The van der Waals surface area contributed by atoms with Crippen molar-refractivity contribution >= 4 is 5.91 Å². The Morgan fingerprint density at radius 3 is 2.50 bits per heavy atom. The lowest BCUT2D eigenvalue weighted by atomic mass is 9.88. The molecule has 3 aliphatic rings. The second-order valence-electron chi connectivity index (χ2n) is 8.19. The molecule has 4 rings (SSSR count). The van der Waals surface area contributed by atoms with Crippen LogP contribution in [-0.4, -0.2) is 29.4 Å². The summed E-state index contributed by atoms with van der Waals surface area (Å²) in [7, 11) is 0. The van der Waals surface area contributed by atoms with Gasteiger partial charge in [0, 0.05) is 25.0 Å². The van der Waals surface area contributed by atoms with Crippen LogP contribution in [0.1, 0.15) is 68.5 Å². The number of carbonyl (C=O) groups is 1. The molecule has 1 aromatic rings. The molecule has 3 aliphatic heterocycles. The number of nitrogens with zero attached hydrogens (tertiary/aromatic N) is 1. The maximum absolute atomic E-state index is 13.1. The number of rotatable bonds is 3. The second kappa shape index (κ2) is 6.87. The van der Waals surface area contributed by atoms with E-state index in [1.165, 1.54) is 43.2 Å². The summed E-state index contributed by atoms with van der Waals surface area (Å²) < 4.78 is 0. The zero-order valence-corrected chi connectivity index (χ0v) is 14.8. The number of hydrogen-bond acceptors (Lipinski definition) is 2. The van der Waals surface area contributed by atoms with Gasteiger partial charge < -0.3 is 10.2 Å². The topological polar surface area (TPSA) is 32.3 Å². The fraction of sp³-hybridized carbons (Fsp3) is 0.667. The van der Waals surface area contributed by atoms with Gasteiger partial charge in [-0.15, -0.1) is 0 Å². The highest BCUT2D eigenvalue weighted by Crippen LogP contribution is 2.36. The molecule has 3 saturated heterocycles. The molecule has 3 nitrogen and oxygen atoms in total. The van der Waals surface area contributed by atoms with Crippen LogP contribution in [0.4, 0.5) is 0 Å². The first-order valence-corrected chi connectivity index (χ1v) is 9.81. The van der Waals surface area contributed by atoms with Crippen LogP contribution in [0.3, 0.4) is 0 Å². The van der Waals surface area contributed by atoms with Crippen LogP contribution in [0.25, 0.3) is 0 Å². The zero-order chi connectivity index (χ0) is 16.5. The van der Waals surface area contributed by atoms with E-state index in [1.54, 1.807) is 0 Å². The van der Waals surface area contributed by atoms with Gasteiger partial charge in [0.25, 0.3) is 0 Å². The fourth-order valence-electron chi connectivity index (χ4n) is 5.07.